The summed E-state index contributed by atoms with van der Waals surface area (Å²) in [6, 6.07) is 7.13. The molecule has 23 heavy (non-hydrogen) atoms. The van der Waals surface area contributed by atoms with E-state index in [0.717, 1.165) is 17.5 Å². The molecule has 0 heterocycles. The van der Waals surface area contributed by atoms with Crippen molar-refractivity contribution in [3.05, 3.63) is 35.4 Å². The molecule has 1 saturated carbocycles. The van der Waals surface area contributed by atoms with Crippen LogP contribution in [0, 0.1) is 12.8 Å². The highest BCUT2D eigenvalue weighted by molar-refractivity contribution is 5.85. The number of amides is 1. The third-order valence-corrected chi connectivity index (χ3v) is 4.48. The minimum absolute atomic E-state index is 0. The van der Waals surface area contributed by atoms with Crippen molar-refractivity contribution in [3.8, 4) is 0 Å². The number of hydrogen-bond acceptors (Lipinski definition) is 3. The van der Waals surface area contributed by atoms with E-state index in [-0.39, 0.29) is 18.3 Å². The first-order chi connectivity index (χ1) is 10.6. The zero-order valence-corrected chi connectivity index (χ0v) is 14.9. The topological polar surface area (TPSA) is 64.4 Å². The van der Waals surface area contributed by atoms with Gasteiger partial charge in [-0.2, -0.15) is 0 Å². The Kier molecular flexibility index (Phi) is 8.59. The fourth-order valence-corrected chi connectivity index (χ4v) is 2.95. The summed E-state index contributed by atoms with van der Waals surface area (Å²) >= 11 is 0. The lowest BCUT2D eigenvalue weighted by molar-refractivity contribution is -0.123. The highest BCUT2D eigenvalue weighted by Crippen LogP contribution is 2.25. The molecule has 1 aromatic carbocycles. The SMILES string of the molecule is Cc1ccc(C(N)C(=O)NCCOC2CCCCC2C)cc1.Cl. The summed E-state index contributed by atoms with van der Waals surface area (Å²) in [6.07, 6.45) is 5.28. The Labute approximate surface area is 145 Å². The van der Waals surface area contributed by atoms with Gasteiger partial charge in [0.25, 0.3) is 0 Å². The monoisotopic (exact) mass is 340 g/mol. The third-order valence-electron chi connectivity index (χ3n) is 4.48. The van der Waals surface area contributed by atoms with Crippen LogP contribution in [0.15, 0.2) is 24.3 Å². The molecule has 1 fully saturated rings. The summed E-state index contributed by atoms with van der Waals surface area (Å²) in [5.41, 5.74) is 7.98. The van der Waals surface area contributed by atoms with Crippen molar-refractivity contribution in [1.82, 2.24) is 5.32 Å². The number of carbonyl (C=O) groups excluding carboxylic acids is 1. The summed E-state index contributed by atoms with van der Waals surface area (Å²) in [7, 11) is 0. The summed E-state index contributed by atoms with van der Waals surface area (Å²) in [6.45, 7) is 5.33. The molecule has 1 aromatic rings. The van der Waals surface area contributed by atoms with Crippen molar-refractivity contribution in [2.24, 2.45) is 11.7 Å². The minimum atomic E-state index is -0.616. The Morgan fingerprint density at radius 2 is 1.96 bits per heavy atom. The van der Waals surface area contributed by atoms with Crippen molar-refractivity contribution in [2.75, 3.05) is 13.2 Å². The molecule has 1 aliphatic carbocycles. The lowest BCUT2D eigenvalue weighted by Crippen LogP contribution is -2.37. The molecule has 4 nitrogen and oxygen atoms in total. The van der Waals surface area contributed by atoms with Gasteiger partial charge in [0.15, 0.2) is 0 Å². The first-order valence-corrected chi connectivity index (χ1v) is 8.29. The second-order valence-corrected chi connectivity index (χ2v) is 6.35. The minimum Gasteiger partial charge on any atom is -0.376 e. The number of benzene rings is 1. The number of halogens is 1. The van der Waals surface area contributed by atoms with Crippen LogP contribution in [0.4, 0.5) is 0 Å². The average molecular weight is 341 g/mol. The van der Waals surface area contributed by atoms with Crippen LogP contribution in [0.1, 0.15) is 49.8 Å². The van der Waals surface area contributed by atoms with E-state index in [1.54, 1.807) is 0 Å². The van der Waals surface area contributed by atoms with E-state index >= 15 is 0 Å². The normalized spacial score (nSPS) is 22.0. The molecule has 1 aliphatic rings. The predicted octanol–water partition coefficient (Wildman–Crippen LogP) is 3.13. The van der Waals surface area contributed by atoms with Gasteiger partial charge < -0.3 is 15.8 Å². The summed E-state index contributed by atoms with van der Waals surface area (Å²) in [5, 5.41) is 2.86. The average Bonchev–Trinajstić information content (AvgIpc) is 2.53. The maximum atomic E-state index is 12.1. The molecule has 0 saturated heterocycles. The van der Waals surface area contributed by atoms with Crippen molar-refractivity contribution in [1.29, 1.82) is 0 Å². The van der Waals surface area contributed by atoms with E-state index in [4.69, 9.17) is 10.5 Å². The smallest absolute Gasteiger partial charge is 0.241 e. The molecular formula is C18H29ClN2O2. The van der Waals surface area contributed by atoms with Gasteiger partial charge in [0.1, 0.15) is 6.04 Å². The molecule has 0 spiro atoms. The van der Waals surface area contributed by atoms with Crippen LogP contribution >= 0.6 is 12.4 Å². The molecule has 0 bridgehead atoms. The number of carbonyl (C=O) groups is 1. The number of nitrogens with two attached hydrogens (primary N) is 1. The molecule has 3 atom stereocenters. The lowest BCUT2D eigenvalue weighted by atomic mass is 9.88. The quantitative estimate of drug-likeness (QED) is 0.782. The zero-order chi connectivity index (χ0) is 15.9. The molecule has 0 radical (unpaired) electrons. The second kappa shape index (κ2) is 9.91. The summed E-state index contributed by atoms with van der Waals surface area (Å²) in [4.78, 5) is 12.1. The predicted molar refractivity (Wildman–Crippen MR) is 95.7 cm³/mol. The lowest BCUT2D eigenvalue weighted by Gasteiger charge is -2.28. The van der Waals surface area contributed by atoms with Crippen LogP contribution in [-0.2, 0) is 9.53 Å². The van der Waals surface area contributed by atoms with E-state index in [1.165, 1.54) is 19.3 Å². The molecule has 2 rings (SSSR count). The maximum absolute atomic E-state index is 12.1. The van der Waals surface area contributed by atoms with Gasteiger partial charge in [-0.15, -0.1) is 12.4 Å². The number of nitrogens with one attached hydrogen (secondary N) is 1. The van der Waals surface area contributed by atoms with Crippen LogP contribution < -0.4 is 11.1 Å². The molecule has 5 heteroatoms. The zero-order valence-electron chi connectivity index (χ0n) is 14.1. The Hall–Kier alpha value is -1.10. The molecule has 3 N–H and O–H groups in total. The summed E-state index contributed by atoms with van der Waals surface area (Å²) in [5.74, 6) is 0.475. The van der Waals surface area contributed by atoms with E-state index in [0.29, 0.717) is 25.2 Å². The van der Waals surface area contributed by atoms with Gasteiger partial charge in [-0.1, -0.05) is 49.6 Å². The van der Waals surface area contributed by atoms with Gasteiger partial charge >= 0.3 is 0 Å². The Balaban J connectivity index is 0.00000264. The van der Waals surface area contributed by atoms with E-state index in [9.17, 15) is 4.79 Å². The molecular weight excluding hydrogens is 312 g/mol. The molecule has 0 aliphatic heterocycles. The standard InChI is InChI=1S/C18H28N2O2.ClH/c1-13-7-9-15(10-8-13)17(19)18(21)20-11-12-22-16-6-4-3-5-14(16)2;/h7-10,14,16-17H,3-6,11-12,19H2,1-2H3,(H,20,21);1H. The van der Waals surface area contributed by atoms with Crippen molar-refractivity contribution >= 4 is 18.3 Å². The highest BCUT2D eigenvalue weighted by Gasteiger charge is 2.21. The number of hydrogen-bond donors (Lipinski definition) is 2. The van der Waals surface area contributed by atoms with Gasteiger partial charge in [-0.05, 0) is 31.2 Å². The van der Waals surface area contributed by atoms with Gasteiger partial charge in [0, 0.05) is 6.54 Å². The van der Waals surface area contributed by atoms with Crippen molar-refractivity contribution in [2.45, 2.75) is 51.7 Å². The van der Waals surface area contributed by atoms with Crippen LogP contribution in [0.5, 0.6) is 0 Å². The van der Waals surface area contributed by atoms with Crippen LogP contribution in [0.25, 0.3) is 0 Å². The maximum Gasteiger partial charge on any atom is 0.241 e. The van der Waals surface area contributed by atoms with Crippen molar-refractivity contribution < 1.29 is 9.53 Å². The second-order valence-electron chi connectivity index (χ2n) is 6.35. The van der Waals surface area contributed by atoms with E-state index in [1.807, 2.05) is 31.2 Å². The van der Waals surface area contributed by atoms with Gasteiger partial charge in [0.2, 0.25) is 5.91 Å². The Bertz CT molecular complexity index is 478. The Morgan fingerprint density at radius 3 is 2.61 bits per heavy atom. The van der Waals surface area contributed by atoms with Crippen LogP contribution in [0.2, 0.25) is 0 Å². The fraction of sp³-hybridized carbons (Fsp3) is 0.611. The van der Waals surface area contributed by atoms with Gasteiger partial charge in [-0.3, -0.25) is 4.79 Å². The largest absolute Gasteiger partial charge is 0.376 e. The van der Waals surface area contributed by atoms with E-state index in [2.05, 4.69) is 12.2 Å². The molecule has 1 amide bonds. The van der Waals surface area contributed by atoms with Gasteiger partial charge in [0.05, 0.1) is 12.7 Å². The fourth-order valence-electron chi connectivity index (χ4n) is 2.95. The van der Waals surface area contributed by atoms with Gasteiger partial charge in [-0.25, -0.2) is 0 Å². The first kappa shape index (κ1) is 19.9. The number of rotatable bonds is 6. The Morgan fingerprint density at radius 1 is 1.30 bits per heavy atom. The molecule has 0 aromatic heterocycles. The molecule has 3 unspecified atom stereocenters. The number of ether oxygens (including phenoxy) is 1. The highest BCUT2D eigenvalue weighted by atomic mass is 35.5. The van der Waals surface area contributed by atoms with Crippen LogP contribution in [0.3, 0.4) is 0 Å². The van der Waals surface area contributed by atoms with Crippen LogP contribution in [-0.4, -0.2) is 25.2 Å². The first-order valence-electron chi connectivity index (χ1n) is 8.29. The van der Waals surface area contributed by atoms with E-state index < -0.39 is 6.04 Å². The van der Waals surface area contributed by atoms with Crippen molar-refractivity contribution in [3.63, 3.8) is 0 Å². The third kappa shape index (κ3) is 6.13. The molecule has 130 valence electrons. The summed E-state index contributed by atoms with van der Waals surface area (Å²) < 4.78 is 5.89. The number of aryl methyl sites for hydroxylation is 1.